The molecule has 2 unspecified atom stereocenters. The molecule has 1 fully saturated rings. The van der Waals surface area contributed by atoms with Crippen LogP contribution in [0.5, 0.6) is 5.88 Å². The van der Waals surface area contributed by atoms with Gasteiger partial charge in [-0.1, -0.05) is 22.9 Å². The maximum absolute atomic E-state index is 5.49. The number of nitrogens with zero attached hydrogens (tertiary/aromatic N) is 3. The zero-order chi connectivity index (χ0) is 13.1. The quantitative estimate of drug-likeness (QED) is 0.801. The first-order valence-electron chi connectivity index (χ1n) is 6.46. The number of aryl methyl sites for hydroxylation is 1. The lowest BCUT2D eigenvalue weighted by atomic mass is 10.1. The molecular weight excluding hydrogens is 294 g/mol. The minimum Gasteiger partial charge on any atom is -0.478 e. The van der Waals surface area contributed by atoms with Crippen LogP contribution in [0.2, 0.25) is 0 Å². The number of alkyl halides is 1. The second kappa shape index (κ2) is 5.87. The third-order valence-corrected chi connectivity index (χ3v) is 4.07. The van der Waals surface area contributed by atoms with Crippen molar-refractivity contribution in [2.75, 3.05) is 23.4 Å². The molecule has 0 spiro atoms. The average Bonchev–Trinajstić information content (AvgIpc) is 2.70. The number of anilines is 1. The molecule has 2 atom stereocenters. The lowest BCUT2D eigenvalue weighted by Crippen LogP contribution is -2.34. The largest absolute Gasteiger partial charge is 0.478 e. The van der Waals surface area contributed by atoms with Crippen LogP contribution in [0.1, 0.15) is 26.0 Å². The van der Waals surface area contributed by atoms with Crippen LogP contribution in [0.4, 0.5) is 5.95 Å². The Morgan fingerprint density at radius 1 is 1.50 bits per heavy atom. The van der Waals surface area contributed by atoms with Crippen LogP contribution in [-0.4, -0.2) is 34.5 Å². The summed E-state index contributed by atoms with van der Waals surface area (Å²) in [4.78, 5) is 11.3. The summed E-state index contributed by atoms with van der Waals surface area (Å²) < 4.78 is 5.49. The second-order valence-electron chi connectivity index (χ2n) is 4.76. The molecule has 100 valence electrons. The molecule has 18 heavy (non-hydrogen) atoms. The summed E-state index contributed by atoms with van der Waals surface area (Å²) in [7, 11) is 0. The van der Waals surface area contributed by atoms with Crippen molar-refractivity contribution in [2.24, 2.45) is 5.92 Å². The topological polar surface area (TPSA) is 38.2 Å². The summed E-state index contributed by atoms with van der Waals surface area (Å²) in [6.07, 6.45) is 1.19. The number of hydrogen-bond acceptors (Lipinski definition) is 4. The Balaban J connectivity index is 2.27. The van der Waals surface area contributed by atoms with E-state index < -0.39 is 0 Å². The molecule has 1 aromatic rings. The predicted molar refractivity (Wildman–Crippen MR) is 76.6 cm³/mol. The van der Waals surface area contributed by atoms with Crippen molar-refractivity contribution < 1.29 is 4.74 Å². The zero-order valence-electron chi connectivity index (χ0n) is 11.2. The first-order valence-corrected chi connectivity index (χ1v) is 7.59. The molecule has 0 radical (unpaired) electrons. The minimum atomic E-state index is 0.473. The summed E-state index contributed by atoms with van der Waals surface area (Å²) in [5.74, 6) is 2.14. The van der Waals surface area contributed by atoms with Gasteiger partial charge in [0.15, 0.2) is 0 Å². The first kappa shape index (κ1) is 13.6. The van der Waals surface area contributed by atoms with Gasteiger partial charge in [0.2, 0.25) is 11.8 Å². The van der Waals surface area contributed by atoms with Crippen molar-refractivity contribution in [3.63, 3.8) is 0 Å². The number of hydrogen-bond donors (Lipinski definition) is 0. The standard InChI is InChI=1S/C13H20BrN3O/c1-4-18-12-7-10(3)15-13(16-12)17-6-5-9(2)11(17)8-14/h7,9,11H,4-6,8H2,1-3H3. The molecule has 1 aromatic heterocycles. The number of rotatable bonds is 4. The molecule has 0 bridgehead atoms. The van der Waals surface area contributed by atoms with Gasteiger partial charge in [0.05, 0.1) is 6.61 Å². The van der Waals surface area contributed by atoms with E-state index in [-0.39, 0.29) is 0 Å². The van der Waals surface area contributed by atoms with E-state index in [1.54, 1.807) is 0 Å². The molecule has 0 N–H and O–H groups in total. The molecule has 0 aromatic carbocycles. The van der Waals surface area contributed by atoms with Crippen molar-refractivity contribution in [3.05, 3.63) is 11.8 Å². The lowest BCUT2D eigenvalue weighted by molar-refractivity contribution is 0.325. The van der Waals surface area contributed by atoms with Crippen molar-refractivity contribution in [3.8, 4) is 5.88 Å². The van der Waals surface area contributed by atoms with Gasteiger partial charge in [-0.15, -0.1) is 0 Å². The van der Waals surface area contributed by atoms with Gasteiger partial charge in [0.1, 0.15) is 0 Å². The summed E-state index contributed by atoms with van der Waals surface area (Å²) in [5, 5.41) is 0.954. The normalized spacial score (nSPS) is 23.4. The highest BCUT2D eigenvalue weighted by Gasteiger charge is 2.32. The summed E-state index contributed by atoms with van der Waals surface area (Å²) in [6.45, 7) is 7.89. The van der Waals surface area contributed by atoms with Gasteiger partial charge in [-0.2, -0.15) is 4.98 Å². The fourth-order valence-electron chi connectivity index (χ4n) is 2.37. The fraction of sp³-hybridized carbons (Fsp3) is 0.692. The van der Waals surface area contributed by atoms with Crippen LogP contribution in [0, 0.1) is 12.8 Å². The van der Waals surface area contributed by atoms with Crippen molar-refractivity contribution in [1.82, 2.24) is 9.97 Å². The predicted octanol–water partition coefficient (Wildman–Crippen LogP) is 2.79. The smallest absolute Gasteiger partial charge is 0.229 e. The first-order chi connectivity index (χ1) is 8.65. The molecule has 1 aliphatic rings. The maximum Gasteiger partial charge on any atom is 0.229 e. The van der Waals surface area contributed by atoms with Gasteiger partial charge in [-0.3, -0.25) is 0 Å². The second-order valence-corrected chi connectivity index (χ2v) is 5.41. The third-order valence-electron chi connectivity index (χ3n) is 3.41. The number of aromatic nitrogens is 2. The van der Waals surface area contributed by atoms with Gasteiger partial charge in [0, 0.05) is 29.7 Å². The van der Waals surface area contributed by atoms with Gasteiger partial charge >= 0.3 is 0 Å². The minimum absolute atomic E-state index is 0.473. The molecule has 2 heterocycles. The Kier molecular flexibility index (Phi) is 4.43. The van der Waals surface area contributed by atoms with E-state index in [1.807, 2.05) is 19.9 Å². The van der Waals surface area contributed by atoms with Crippen LogP contribution < -0.4 is 9.64 Å². The van der Waals surface area contributed by atoms with Crippen LogP contribution in [0.25, 0.3) is 0 Å². The Hall–Kier alpha value is -0.840. The van der Waals surface area contributed by atoms with E-state index in [0.717, 1.165) is 23.5 Å². The van der Waals surface area contributed by atoms with Gasteiger partial charge < -0.3 is 9.64 Å². The average molecular weight is 314 g/mol. The molecule has 1 saturated heterocycles. The van der Waals surface area contributed by atoms with E-state index >= 15 is 0 Å². The van der Waals surface area contributed by atoms with Crippen molar-refractivity contribution >= 4 is 21.9 Å². The zero-order valence-corrected chi connectivity index (χ0v) is 12.8. The van der Waals surface area contributed by atoms with E-state index in [9.17, 15) is 0 Å². The number of ether oxygens (including phenoxy) is 1. The van der Waals surface area contributed by atoms with Crippen LogP contribution in [0.3, 0.4) is 0 Å². The molecule has 0 aliphatic carbocycles. The monoisotopic (exact) mass is 313 g/mol. The Labute approximate surface area is 117 Å². The maximum atomic E-state index is 5.49. The molecule has 4 nitrogen and oxygen atoms in total. The lowest BCUT2D eigenvalue weighted by Gasteiger charge is -2.25. The van der Waals surface area contributed by atoms with Crippen molar-refractivity contribution in [1.29, 1.82) is 0 Å². The fourth-order valence-corrected chi connectivity index (χ4v) is 3.35. The van der Waals surface area contributed by atoms with Gasteiger partial charge in [0.25, 0.3) is 0 Å². The molecule has 2 rings (SSSR count). The Morgan fingerprint density at radius 2 is 2.28 bits per heavy atom. The van der Waals surface area contributed by atoms with Gasteiger partial charge in [-0.05, 0) is 26.2 Å². The van der Waals surface area contributed by atoms with E-state index in [2.05, 4.69) is 37.7 Å². The van der Waals surface area contributed by atoms with E-state index in [1.165, 1.54) is 6.42 Å². The SMILES string of the molecule is CCOc1cc(C)nc(N2CCC(C)C2CBr)n1. The summed E-state index contributed by atoms with van der Waals surface area (Å²) in [5.41, 5.74) is 0.955. The van der Waals surface area contributed by atoms with Crippen LogP contribution >= 0.6 is 15.9 Å². The van der Waals surface area contributed by atoms with Crippen molar-refractivity contribution in [2.45, 2.75) is 33.2 Å². The summed E-state index contributed by atoms with van der Waals surface area (Å²) >= 11 is 3.59. The molecule has 0 saturated carbocycles. The summed E-state index contributed by atoms with van der Waals surface area (Å²) in [6, 6.07) is 2.36. The Bertz CT molecular complexity index is 413. The highest BCUT2D eigenvalue weighted by atomic mass is 79.9. The molecular formula is C13H20BrN3O. The third kappa shape index (κ3) is 2.76. The Morgan fingerprint density at radius 3 is 2.94 bits per heavy atom. The molecule has 0 amide bonds. The van der Waals surface area contributed by atoms with Gasteiger partial charge in [-0.25, -0.2) is 4.98 Å². The molecule has 5 heteroatoms. The van der Waals surface area contributed by atoms with E-state index in [0.29, 0.717) is 24.4 Å². The van der Waals surface area contributed by atoms with Crippen LogP contribution in [-0.2, 0) is 0 Å². The highest BCUT2D eigenvalue weighted by Crippen LogP contribution is 2.29. The van der Waals surface area contributed by atoms with Crippen LogP contribution in [0.15, 0.2) is 6.07 Å². The highest BCUT2D eigenvalue weighted by molar-refractivity contribution is 9.09. The molecule has 1 aliphatic heterocycles. The van der Waals surface area contributed by atoms with E-state index in [4.69, 9.17) is 4.74 Å². The number of halogens is 1.